The molecule has 3 aromatic rings. The molecule has 4 nitrogen and oxygen atoms in total. The average Bonchev–Trinajstić information content (AvgIpc) is 3.07. The van der Waals surface area contributed by atoms with Gasteiger partial charge in [0.15, 0.2) is 0 Å². The third-order valence-corrected chi connectivity index (χ3v) is 4.45. The summed E-state index contributed by atoms with van der Waals surface area (Å²) in [6.45, 7) is 3.01. The maximum Gasteiger partial charge on any atom is 0.0958 e. The number of aromatic nitrogens is 3. The van der Waals surface area contributed by atoms with Crippen LogP contribution >= 0.6 is 23.1 Å². The molecule has 3 rings (SSSR count). The van der Waals surface area contributed by atoms with Gasteiger partial charge in [-0.05, 0) is 18.7 Å². The van der Waals surface area contributed by atoms with Crippen molar-refractivity contribution in [2.24, 2.45) is 0 Å². The van der Waals surface area contributed by atoms with Crippen LogP contribution in [0.4, 0.5) is 0 Å². The van der Waals surface area contributed by atoms with E-state index >= 15 is 0 Å². The molecule has 2 heterocycles. The fourth-order valence-electron chi connectivity index (χ4n) is 2.04. The predicted octanol–water partition coefficient (Wildman–Crippen LogP) is 3.04. The van der Waals surface area contributed by atoms with Gasteiger partial charge < -0.3 is 5.32 Å². The standard InChI is InChI=1S/C13H14N4S2/c1-2-14-10(11-8-15-19-17-11)7-13-16-9-5-3-4-6-12(9)18-13/h3-6,8,10,14H,2,7H2,1H3. The zero-order valence-electron chi connectivity index (χ0n) is 10.5. The Hall–Kier alpha value is -1.37. The summed E-state index contributed by atoms with van der Waals surface area (Å²) in [5, 5.41) is 4.59. The number of hydrogen-bond acceptors (Lipinski definition) is 6. The number of nitrogens with zero attached hydrogens (tertiary/aromatic N) is 3. The number of likely N-dealkylation sites (N-methyl/N-ethyl adjacent to an activating group) is 1. The molecule has 1 aromatic carbocycles. The second-order valence-electron chi connectivity index (χ2n) is 4.22. The second kappa shape index (κ2) is 5.73. The maximum atomic E-state index is 4.68. The first-order chi connectivity index (χ1) is 9.36. The Morgan fingerprint density at radius 2 is 2.21 bits per heavy atom. The molecule has 1 N–H and O–H groups in total. The number of fused-ring (bicyclic) bond motifs is 1. The summed E-state index contributed by atoms with van der Waals surface area (Å²) >= 11 is 3.01. The maximum absolute atomic E-state index is 4.68. The van der Waals surface area contributed by atoms with E-state index in [0.29, 0.717) is 0 Å². The summed E-state index contributed by atoms with van der Waals surface area (Å²) in [7, 11) is 0. The summed E-state index contributed by atoms with van der Waals surface area (Å²) in [6.07, 6.45) is 2.70. The number of rotatable bonds is 5. The topological polar surface area (TPSA) is 50.7 Å². The molecule has 2 aromatic heterocycles. The lowest BCUT2D eigenvalue weighted by Gasteiger charge is -2.13. The molecular formula is C13H14N4S2. The second-order valence-corrected chi connectivity index (χ2v) is 5.89. The largest absolute Gasteiger partial charge is 0.308 e. The first-order valence-corrected chi connectivity index (χ1v) is 7.77. The highest BCUT2D eigenvalue weighted by Gasteiger charge is 2.16. The molecule has 0 aliphatic carbocycles. The van der Waals surface area contributed by atoms with E-state index in [1.165, 1.54) is 16.4 Å². The molecule has 1 unspecified atom stereocenters. The van der Waals surface area contributed by atoms with Gasteiger partial charge in [0.2, 0.25) is 0 Å². The van der Waals surface area contributed by atoms with E-state index in [4.69, 9.17) is 0 Å². The smallest absolute Gasteiger partial charge is 0.0958 e. The number of thiazole rings is 1. The van der Waals surface area contributed by atoms with Crippen molar-refractivity contribution >= 4 is 33.3 Å². The Balaban J connectivity index is 1.85. The lowest BCUT2D eigenvalue weighted by atomic mass is 10.1. The van der Waals surface area contributed by atoms with Crippen LogP contribution in [0.5, 0.6) is 0 Å². The summed E-state index contributed by atoms with van der Waals surface area (Å²) < 4.78 is 9.65. The molecular weight excluding hydrogens is 276 g/mol. The number of benzene rings is 1. The Morgan fingerprint density at radius 3 is 2.95 bits per heavy atom. The molecule has 6 heteroatoms. The Labute approximate surface area is 119 Å². The van der Waals surface area contributed by atoms with E-state index < -0.39 is 0 Å². The number of nitrogens with one attached hydrogen (secondary N) is 1. The molecule has 0 bridgehead atoms. The first-order valence-electron chi connectivity index (χ1n) is 6.22. The van der Waals surface area contributed by atoms with Crippen molar-refractivity contribution in [1.82, 2.24) is 19.0 Å². The molecule has 1 atom stereocenters. The van der Waals surface area contributed by atoms with Crippen molar-refractivity contribution in [1.29, 1.82) is 0 Å². The van der Waals surface area contributed by atoms with E-state index in [2.05, 4.69) is 44.2 Å². The average molecular weight is 290 g/mol. The van der Waals surface area contributed by atoms with Crippen LogP contribution in [-0.2, 0) is 6.42 Å². The van der Waals surface area contributed by atoms with Crippen LogP contribution in [-0.4, -0.2) is 20.3 Å². The van der Waals surface area contributed by atoms with Crippen molar-refractivity contribution in [3.8, 4) is 0 Å². The van der Waals surface area contributed by atoms with Gasteiger partial charge in [-0.3, -0.25) is 0 Å². The monoisotopic (exact) mass is 290 g/mol. The van der Waals surface area contributed by atoms with Gasteiger partial charge in [0.05, 0.1) is 44.9 Å². The Bertz CT molecular complexity index is 615. The van der Waals surface area contributed by atoms with Crippen LogP contribution in [0.15, 0.2) is 30.5 Å². The van der Waals surface area contributed by atoms with Gasteiger partial charge in [-0.1, -0.05) is 19.1 Å². The third kappa shape index (κ3) is 2.80. The molecule has 0 saturated heterocycles. The third-order valence-electron chi connectivity index (χ3n) is 2.90. The summed E-state index contributed by atoms with van der Waals surface area (Å²) in [5.74, 6) is 0. The van der Waals surface area contributed by atoms with Gasteiger partial charge in [0, 0.05) is 6.42 Å². The zero-order chi connectivity index (χ0) is 13.1. The molecule has 0 aliphatic rings. The van der Waals surface area contributed by atoms with E-state index in [0.717, 1.165) is 29.2 Å². The molecule has 0 aliphatic heterocycles. The molecule has 0 fully saturated rings. The highest BCUT2D eigenvalue weighted by atomic mass is 32.1. The first kappa shape index (κ1) is 12.7. The van der Waals surface area contributed by atoms with Gasteiger partial charge in [-0.2, -0.15) is 8.75 Å². The van der Waals surface area contributed by atoms with Crippen molar-refractivity contribution in [3.63, 3.8) is 0 Å². The minimum Gasteiger partial charge on any atom is -0.308 e. The van der Waals surface area contributed by atoms with E-state index in [-0.39, 0.29) is 6.04 Å². The lowest BCUT2D eigenvalue weighted by Crippen LogP contribution is -2.23. The van der Waals surface area contributed by atoms with Crippen molar-refractivity contribution in [2.45, 2.75) is 19.4 Å². The summed E-state index contributed by atoms with van der Waals surface area (Å²) in [5.41, 5.74) is 2.08. The molecule has 0 saturated carbocycles. The van der Waals surface area contributed by atoms with Crippen LogP contribution in [0.25, 0.3) is 10.2 Å². The van der Waals surface area contributed by atoms with E-state index in [9.17, 15) is 0 Å². The quantitative estimate of drug-likeness (QED) is 0.784. The Kier molecular flexibility index (Phi) is 3.82. The molecule has 19 heavy (non-hydrogen) atoms. The number of hydrogen-bond donors (Lipinski definition) is 1. The Morgan fingerprint density at radius 1 is 1.32 bits per heavy atom. The lowest BCUT2D eigenvalue weighted by molar-refractivity contribution is 0.539. The van der Waals surface area contributed by atoms with Crippen LogP contribution in [0.2, 0.25) is 0 Å². The van der Waals surface area contributed by atoms with Crippen molar-refractivity contribution in [3.05, 3.63) is 41.2 Å². The molecule has 0 radical (unpaired) electrons. The SMILES string of the molecule is CCNC(Cc1nc2ccccc2s1)c1cnsn1. The number of para-hydroxylation sites is 1. The minimum atomic E-state index is 0.198. The van der Waals surface area contributed by atoms with Crippen molar-refractivity contribution in [2.75, 3.05) is 6.54 Å². The highest BCUT2D eigenvalue weighted by Crippen LogP contribution is 2.25. The van der Waals surface area contributed by atoms with E-state index in [1.807, 2.05) is 12.3 Å². The fourth-order valence-corrected chi connectivity index (χ4v) is 3.52. The molecule has 0 amide bonds. The summed E-state index contributed by atoms with van der Waals surface area (Å²) in [6, 6.07) is 8.45. The van der Waals surface area contributed by atoms with Gasteiger partial charge in [0.25, 0.3) is 0 Å². The van der Waals surface area contributed by atoms with Gasteiger partial charge >= 0.3 is 0 Å². The van der Waals surface area contributed by atoms with Crippen LogP contribution in [0.3, 0.4) is 0 Å². The van der Waals surface area contributed by atoms with Gasteiger partial charge in [-0.15, -0.1) is 11.3 Å². The van der Waals surface area contributed by atoms with Gasteiger partial charge in [0.1, 0.15) is 0 Å². The minimum absolute atomic E-state index is 0.198. The molecule has 0 spiro atoms. The van der Waals surface area contributed by atoms with Gasteiger partial charge in [-0.25, -0.2) is 4.98 Å². The zero-order valence-corrected chi connectivity index (χ0v) is 12.2. The highest BCUT2D eigenvalue weighted by molar-refractivity contribution is 7.18. The van der Waals surface area contributed by atoms with Crippen LogP contribution in [0, 0.1) is 0 Å². The fraction of sp³-hybridized carbons (Fsp3) is 0.308. The molecule has 98 valence electrons. The van der Waals surface area contributed by atoms with Crippen LogP contribution < -0.4 is 5.32 Å². The van der Waals surface area contributed by atoms with E-state index in [1.54, 1.807) is 11.3 Å². The summed E-state index contributed by atoms with van der Waals surface area (Å²) in [4.78, 5) is 4.68. The van der Waals surface area contributed by atoms with Crippen LogP contribution in [0.1, 0.15) is 23.7 Å². The predicted molar refractivity (Wildman–Crippen MR) is 79.7 cm³/mol. The normalized spacial score (nSPS) is 12.9. The van der Waals surface area contributed by atoms with Crippen molar-refractivity contribution < 1.29 is 0 Å².